The second-order valence-electron chi connectivity index (χ2n) is 8.83. The molecule has 8 nitrogen and oxygen atoms in total. The van der Waals surface area contributed by atoms with E-state index in [1.54, 1.807) is 28.8 Å². The summed E-state index contributed by atoms with van der Waals surface area (Å²) in [6.07, 6.45) is 5.09. The fraction of sp³-hybridized carbons (Fsp3) is 0.267. The van der Waals surface area contributed by atoms with Gasteiger partial charge in [0.05, 0.1) is 24.3 Å². The number of aromatic nitrogens is 2. The van der Waals surface area contributed by atoms with Crippen LogP contribution in [0.4, 0.5) is 0 Å². The first kappa shape index (κ1) is 26.6. The smallest absolute Gasteiger partial charge is 0.239 e. The average Bonchev–Trinajstić information content (AvgIpc) is 2.92. The van der Waals surface area contributed by atoms with Crippen molar-refractivity contribution in [2.75, 3.05) is 19.8 Å². The molecule has 38 heavy (non-hydrogen) atoms. The molecule has 0 saturated heterocycles. The maximum Gasteiger partial charge on any atom is 0.239 e. The van der Waals surface area contributed by atoms with Crippen molar-refractivity contribution in [1.29, 1.82) is 0 Å². The predicted molar refractivity (Wildman–Crippen MR) is 146 cm³/mol. The molecule has 0 aliphatic rings. The number of carbonyl (C=O) groups excluding carboxylic acids is 2. The lowest BCUT2D eigenvalue weighted by atomic mass is 10.0. The third-order valence-electron chi connectivity index (χ3n) is 6.08. The Hall–Kier alpha value is -4.46. The zero-order valence-corrected chi connectivity index (χ0v) is 21.8. The molecule has 2 heterocycles. The van der Waals surface area contributed by atoms with Crippen molar-refractivity contribution in [3.05, 3.63) is 99.6 Å². The summed E-state index contributed by atoms with van der Waals surface area (Å²) in [5.41, 5.74) is 2.51. The highest BCUT2D eigenvalue weighted by atomic mass is 16.5. The first-order valence-corrected chi connectivity index (χ1v) is 12.6. The van der Waals surface area contributed by atoms with E-state index in [0.29, 0.717) is 54.1 Å². The number of benzene rings is 2. The number of ether oxygens (including phenoxy) is 2. The summed E-state index contributed by atoms with van der Waals surface area (Å²) in [5.74, 6) is 0.739. The molecule has 0 atom stereocenters. The van der Waals surface area contributed by atoms with Crippen LogP contribution < -0.4 is 20.2 Å². The topological polar surface area (TPSA) is 99.5 Å². The largest absolute Gasteiger partial charge is 0.490 e. The lowest BCUT2D eigenvalue weighted by Crippen LogP contribution is -2.30. The molecule has 8 heteroatoms. The van der Waals surface area contributed by atoms with Crippen molar-refractivity contribution in [1.82, 2.24) is 14.9 Å². The lowest BCUT2D eigenvalue weighted by Gasteiger charge is -2.15. The minimum absolute atomic E-state index is 0.0138. The average molecular weight is 514 g/mol. The van der Waals surface area contributed by atoms with E-state index in [0.717, 1.165) is 11.1 Å². The number of nitrogens with one attached hydrogen (secondary N) is 1. The Morgan fingerprint density at radius 3 is 2.42 bits per heavy atom. The van der Waals surface area contributed by atoms with Crippen molar-refractivity contribution >= 4 is 22.6 Å². The van der Waals surface area contributed by atoms with Crippen LogP contribution in [0.25, 0.3) is 10.9 Å². The Bertz CT molecular complexity index is 1510. The molecule has 2 aromatic carbocycles. The van der Waals surface area contributed by atoms with E-state index in [1.165, 1.54) is 18.6 Å². The number of nitrogens with zero attached hydrogens (tertiary/aromatic N) is 2. The van der Waals surface area contributed by atoms with Gasteiger partial charge in [0.25, 0.3) is 0 Å². The fourth-order valence-electron chi connectivity index (χ4n) is 4.27. The van der Waals surface area contributed by atoms with Gasteiger partial charge in [0.1, 0.15) is 6.54 Å². The Balaban J connectivity index is 1.52. The third kappa shape index (κ3) is 6.08. The maximum absolute atomic E-state index is 13.2. The molecule has 0 fully saturated rings. The summed E-state index contributed by atoms with van der Waals surface area (Å²) in [6, 6.07) is 14.3. The van der Waals surface area contributed by atoms with Crippen LogP contribution in [0.3, 0.4) is 0 Å². The molecule has 0 aliphatic heterocycles. The van der Waals surface area contributed by atoms with Crippen LogP contribution in [0.15, 0.2) is 71.9 Å². The van der Waals surface area contributed by atoms with Crippen LogP contribution in [0.1, 0.15) is 40.9 Å². The summed E-state index contributed by atoms with van der Waals surface area (Å²) in [4.78, 5) is 43.2. The number of ketones is 1. The van der Waals surface area contributed by atoms with Crippen molar-refractivity contribution in [2.24, 2.45) is 0 Å². The quantitative estimate of drug-likeness (QED) is 0.303. The van der Waals surface area contributed by atoms with Gasteiger partial charge in [0.2, 0.25) is 11.3 Å². The number of aryl methyl sites for hydroxylation is 1. The summed E-state index contributed by atoms with van der Waals surface area (Å²) >= 11 is 0. The molecule has 0 aliphatic carbocycles. The summed E-state index contributed by atoms with van der Waals surface area (Å²) in [7, 11) is 0. The van der Waals surface area contributed by atoms with Gasteiger partial charge < -0.3 is 19.4 Å². The van der Waals surface area contributed by atoms with E-state index in [-0.39, 0.29) is 23.4 Å². The van der Waals surface area contributed by atoms with Crippen molar-refractivity contribution in [3.63, 3.8) is 0 Å². The number of pyridine rings is 2. The Labute approximate surface area is 221 Å². The summed E-state index contributed by atoms with van der Waals surface area (Å²) in [5, 5.41) is 3.34. The van der Waals surface area contributed by atoms with Crippen LogP contribution >= 0.6 is 0 Å². The van der Waals surface area contributed by atoms with Crippen LogP contribution in [0.2, 0.25) is 0 Å². The van der Waals surface area contributed by atoms with Crippen molar-refractivity contribution in [2.45, 2.75) is 33.7 Å². The minimum Gasteiger partial charge on any atom is -0.490 e. The van der Waals surface area contributed by atoms with E-state index in [1.807, 2.05) is 45.0 Å². The molecule has 0 bridgehead atoms. The fourth-order valence-corrected chi connectivity index (χ4v) is 4.27. The predicted octanol–water partition coefficient (Wildman–Crippen LogP) is 4.09. The lowest BCUT2D eigenvalue weighted by molar-refractivity contribution is -0.121. The number of fused-ring (bicyclic) bond motifs is 1. The summed E-state index contributed by atoms with van der Waals surface area (Å²) in [6.45, 7) is 7.17. The number of hydrogen-bond donors (Lipinski definition) is 1. The van der Waals surface area contributed by atoms with Gasteiger partial charge in [-0.3, -0.25) is 19.4 Å². The van der Waals surface area contributed by atoms with Crippen molar-refractivity contribution in [3.8, 4) is 11.5 Å². The molecule has 4 rings (SSSR count). The molecule has 0 unspecified atom stereocenters. The molecule has 0 saturated carbocycles. The van der Waals surface area contributed by atoms with Crippen LogP contribution in [0, 0.1) is 6.92 Å². The second kappa shape index (κ2) is 12.2. The van der Waals surface area contributed by atoms with E-state index in [2.05, 4.69) is 10.3 Å². The number of hydrogen-bond acceptors (Lipinski definition) is 6. The monoisotopic (exact) mass is 513 g/mol. The zero-order chi connectivity index (χ0) is 27.1. The van der Waals surface area contributed by atoms with E-state index in [4.69, 9.17) is 9.47 Å². The van der Waals surface area contributed by atoms with Gasteiger partial charge in [0.15, 0.2) is 17.3 Å². The molecule has 1 N–H and O–H groups in total. The minimum atomic E-state index is -0.407. The van der Waals surface area contributed by atoms with Gasteiger partial charge in [-0.1, -0.05) is 17.7 Å². The molecular formula is C30H31N3O5. The first-order valence-electron chi connectivity index (χ1n) is 12.6. The van der Waals surface area contributed by atoms with Crippen LogP contribution in [0.5, 0.6) is 11.5 Å². The standard InChI is InChI=1S/C30H31N3O5/c1-4-37-26-9-7-21(17-27(26)38-5-2)10-15-32-28(34)19-33-18-24(29(35)22-11-13-31-14-12-22)30(36)23-16-20(3)6-8-25(23)33/h6-9,11-14,16-18H,4-5,10,15,19H2,1-3H3,(H,32,34). The SMILES string of the molecule is CCOc1ccc(CCNC(=O)Cn2cc(C(=O)c3ccncc3)c(=O)c3cc(C)ccc32)cc1OCC. The van der Waals surface area contributed by atoms with Gasteiger partial charge in [-0.15, -0.1) is 0 Å². The van der Waals surface area contributed by atoms with Gasteiger partial charge in [-0.25, -0.2) is 0 Å². The maximum atomic E-state index is 13.2. The number of rotatable bonds is 11. The molecular weight excluding hydrogens is 482 g/mol. The highest BCUT2D eigenvalue weighted by molar-refractivity contribution is 6.10. The Morgan fingerprint density at radius 1 is 0.947 bits per heavy atom. The van der Waals surface area contributed by atoms with E-state index < -0.39 is 5.78 Å². The molecule has 0 radical (unpaired) electrons. The first-order chi connectivity index (χ1) is 18.4. The molecule has 2 aromatic heterocycles. The van der Waals surface area contributed by atoms with E-state index >= 15 is 0 Å². The summed E-state index contributed by atoms with van der Waals surface area (Å²) < 4.78 is 13.0. The second-order valence-corrected chi connectivity index (χ2v) is 8.83. The molecule has 0 spiro atoms. The molecule has 196 valence electrons. The van der Waals surface area contributed by atoms with Crippen molar-refractivity contribution < 1.29 is 19.1 Å². The van der Waals surface area contributed by atoms with E-state index in [9.17, 15) is 14.4 Å². The Kier molecular flexibility index (Phi) is 8.53. The number of carbonyl (C=O) groups is 2. The van der Waals surface area contributed by atoms with Gasteiger partial charge in [-0.05, 0) is 69.2 Å². The van der Waals surface area contributed by atoms with Gasteiger partial charge in [0, 0.05) is 36.1 Å². The number of amides is 1. The molecule has 4 aromatic rings. The van der Waals surface area contributed by atoms with Crippen LogP contribution in [-0.4, -0.2) is 41.0 Å². The highest BCUT2D eigenvalue weighted by Crippen LogP contribution is 2.28. The normalized spacial score (nSPS) is 10.8. The van der Waals surface area contributed by atoms with Gasteiger partial charge in [-0.2, -0.15) is 0 Å². The zero-order valence-electron chi connectivity index (χ0n) is 21.8. The Morgan fingerprint density at radius 2 is 1.68 bits per heavy atom. The van der Waals surface area contributed by atoms with Gasteiger partial charge >= 0.3 is 0 Å². The van der Waals surface area contributed by atoms with Crippen LogP contribution in [-0.2, 0) is 17.8 Å². The highest BCUT2D eigenvalue weighted by Gasteiger charge is 2.18. The third-order valence-corrected chi connectivity index (χ3v) is 6.08. The molecule has 1 amide bonds.